The number of rotatable bonds is 2. The zero-order chi connectivity index (χ0) is 12.4. The molecule has 0 atom stereocenters. The van der Waals surface area contributed by atoms with Gasteiger partial charge in [0.25, 0.3) is 5.56 Å². The van der Waals surface area contributed by atoms with E-state index in [0.29, 0.717) is 16.7 Å². The Kier molecular flexibility index (Phi) is 4.60. The Morgan fingerprint density at radius 2 is 2.06 bits per heavy atom. The molecule has 0 bridgehead atoms. The molecule has 1 aromatic heterocycles. The molecule has 0 radical (unpaired) electrons. The molecule has 0 saturated carbocycles. The van der Waals surface area contributed by atoms with Gasteiger partial charge in [-0.15, -0.1) is 0 Å². The summed E-state index contributed by atoms with van der Waals surface area (Å²) in [5.41, 5.74) is 2.80. The van der Waals surface area contributed by atoms with Crippen molar-refractivity contribution in [2.75, 3.05) is 5.43 Å². The van der Waals surface area contributed by atoms with E-state index >= 15 is 0 Å². The molecule has 0 spiro atoms. The third-order valence-electron chi connectivity index (χ3n) is 2.33. The van der Waals surface area contributed by atoms with E-state index in [1.807, 2.05) is 6.07 Å². The molecule has 0 unspecified atom stereocenters. The predicted molar refractivity (Wildman–Crippen MR) is 65.1 cm³/mol. The molecule has 5 nitrogen and oxygen atoms in total. The number of hydrogen-bond donors (Lipinski definition) is 1. The fourth-order valence-corrected chi connectivity index (χ4v) is 1.61. The number of para-hydroxylation sites is 1. The Labute approximate surface area is 116 Å². The number of carbonyl (C=O) groups excluding carboxylic acids is 1. The maximum atomic E-state index is 12.1. The Balaban J connectivity index is 0.00000162. The van der Waals surface area contributed by atoms with Gasteiger partial charge in [0.2, 0.25) is 5.91 Å². The molecular weight excluding hydrogens is 225 g/mol. The second kappa shape index (κ2) is 5.76. The van der Waals surface area contributed by atoms with E-state index < -0.39 is 0 Å². The first-order valence-corrected chi connectivity index (χ1v) is 5.22. The molecule has 0 aliphatic rings. The third-order valence-corrected chi connectivity index (χ3v) is 2.33. The normalized spacial score (nSPS) is 9.67. The first-order valence-electron chi connectivity index (χ1n) is 5.22. The van der Waals surface area contributed by atoms with Crippen molar-refractivity contribution < 1.29 is 23.7 Å². The minimum Gasteiger partial charge on any atom is -0.326 e. The summed E-state index contributed by atoms with van der Waals surface area (Å²) in [6.07, 6.45) is 1.67. The number of aromatic nitrogens is 2. The summed E-state index contributed by atoms with van der Waals surface area (Å²) in [6.45, 7) is 3.11. The van der Waals surface area contributed by atoms with Gasteiger partial charge in [0.1, 0.15) is 0 Å². The van der Waals surface area contributed by atoms with Crippen molar-refractivity contribution in [3.8, 4) is 0 Å². The summed E-state index contributed by atoms with van der Waals surface area (Å²) in [7, 11) is 0. The zero-order valence-corrected chi connectivity index (χ0v) is 10.6. The van der Waals surface area contributed by atoms with Crippen LogP contribution < -0.4 is 29.8 Å². The van der Waals surface area contributed by atoms with Crippen LogP contribution in [-0.4, -0.2) is 15.6 Å². The summed E-state index contributed by atoms with van der Waals surface area (Å²) < 4.78 is 1.16. The fourth-order valence-electron chi connectivity index (χ4n) is 1.61. The van der Waals surface area contributed by atoms with Crippen molar-refractivity contribution in [2.24, 2.45) is 0 Å². The quantitative estimate of drug-likeness (QED) is 0.488. The smallest absolute Gasteiger partial charge is 0.326 e. The number of nitrogens with zero attached hydrogens (tertiary/aromatic N) is 2. The molecule has 6 heteroatoms. The van der Waals surface area contributed by atoms with Crippen LogP contribution in [0.4, 0.5) is 0 Å². The molecule has 0 saturated heterocycles. The van der Waals surface area contributed by atoms with Gasteiger partial charge < -0.3 is 6.42 Å². The Morgan fingerprint density at radius 1 is 1.39 bits per heavy atom. The van der Waals surface area contributed by atoms with E-state index in [0.717, 1.165) is 4.68 Å². The monoisotopic (exact) mass is 237 g/mol. The molecule has 0 aliphatic carbocycles. The van der Waals surface area contributed by atoms with Crippen LogP contribution in [0.2, 0.25) is 0 Å². The molecule has 1 N–H and O–H groups in total. The van der Waals surface area contributed by atoms with Crippen LogP contribution in [0, 0.1) is 6.42 Å². The summed E-state index contributed by atoms with van der Waals surface area (Å²) in [5.74, 6) is 0.108. The van der Waals surface area contributed by atoms with Crippen LogP contribution in [0.1, 0.15) is 19.7 Å². The minimum absolute atomic E-state index is 0. The van der Waals surface area contributed by atoms with Crippen LogP contribution in [0.15, 0.2) is 29.1 Å². The molecule has 1 heterocycles. The van der Waals surface area contributed by atoms with Crippen molar-refractivity contribution in [3.05, 3.63) is 46.9 Å². The largest absolute Gasteiger partial charge is 1.00 e. The van der Waals surface area contributed by atoms with E-state index in [-0.39, 0.29) is 30.3 Å². The molecule has 18 heavy (non-hydrogen) atoms. The maximum Gasteiger partial charge on any atom is 1.00 e. The summed E-state index contributed by atoms with van der Waals surface area (Å²) in [4.78, 5) is 27.5. The van der Waals surface area contributed by atoms with Gasteiger partial charge in [-0.1, -0.05) is 12.1 Å². The number of nitrogens with one attached hydrogen (secondary N) is 1. The Morgan fingerprint density at radius 3 is 2.67 bits per heavy atom. The molecule has 0 fully saturated rings. The molecule has 2 aromatic rings. The topological polar surface area (TPSA) is 64.0 Å². The van der Waals surface area contributed by atoms with Crippen molar-refractivity contribution in [3.63, 3.8) is 0 Å². The first kappa shape index (κ1) is 14.4. The summed E-state index contributed by atoms with van der Waals surface area (Å²) in [6, 6.07) is 7.03. The number of carbonyl (C=O) groups is 1. The maximum absolute atomic E-state index is 12.1. The van der Waals surface area contributed by atoms with Crippen LogP contribution in [0.3, 0.4) is 0 Å². The van der Waals surface area contributed by atoms with E-state index in [9.17, 15) is 9.59 Å². The van der Waals surface area contributed by atoms with Gasteiger partial charge in [-0.3, -0.25) is 20.0 Å². The van der Waals surface area contributed by atoms with Crippen LogP contribution in [0.5, 0.6) is 0 Å². The van der Waals surface area contributed by atoms with Crippen molar-refractivity contribution in [1.29, 1.82) is 0 Å². The van der Waals surface area contributed by atoms with Crippen LogP contribution in [-0.2, 0) is 4.79 Å². The van der Waals surface area contributed by atoms with E-state index in [1.165, 1.54) is 6.92 Å². The average Bonchev–Trinajstić information content (AvgIpc) is 2.32. The van der Waals surface area contributed by atoms with Gasteiger partial charge in [0.15, 0.2) is 0 Å². The van der Waals surface area contributed by atoms with Gasteiger partial charge in [-0.2, -0.15) is 6.92 Å². The predicted octanol–water partition coefficient (Wildman–Crippen LogP) is -1.94. The third kappa shape index (κ3) is 2.58. The van der Waals surface area contributed by atoms with Gasteiger partial charge >= 0.3 is 18.9 Å². The molecule has 0 aliphatic heterocycles. The Hall–Kier alpha value is -1.70. The molecular formula is C12H12LiN3O2. The minimum atomic E-state index is -0.313. The second-order valence-electron chi connectivity index (χ2n) is 3.58. The number of amides is 1. The van der Waals surface area contributed by atoms with E-state index in [4.69, 9.17) is 0 Å². The summed E-state index contributed by atoms with van der Waals surface area (Å²) in [5, 5.41) is 0.479. The van der Waals surface area contributed by atoms with Gasteiger partial charge in [-0.25, -0.2) is 4.68 Å². The fraction of sp³-hybridized carbons (Fsp3) is 0.167. The van der Waals surface area contributed by atoms with Gasteiger partial charge in [-0.05, 0) is 18.0 Å². The zero-order valence-electron chi connectivity index (χ0n) is 10.6. The standard InChI is InChI=1S/C12H12N3O2.Li/c1-3-11-13-10-7-5-4-6-9(10)12(17)15(11)14-8(2)16;/h3-7H,1-2H3,(H,14,16);/q-1;+1. The number of benzene rings is 1. The van der Waals surface area contributed by atoms with Crippen LogP contribution >= 0.6 is 0 Å². The number of fused-ring (bicyclic) bond motifs is 1. The van der Waals surface area contributed by atoms with Gasteiger partial charge in [0.05, 0.1) is 10.9 Å². The van der Waals surface area contributed by atoms with Crippen molar-refractivity contribution >= 4 is 16.8 Å². The van der Waals surface area contributed by atoms with Crippen molar-refractivity contribution in [1.82, 2.24) is 9.66 Å². The number of hydrogen-bond acceptors (Lipinski definition) is 3. The molecule has 1 amide bonds. The average molecular weight is 237 g/mol. The molecule has 88 valence electrons. The molecule has 1 aromatic carbocycles. The van der Waals surface area contributed by atoms with E-state index in [1.54, 1.807) is 31.5 Å². The van der Waals surface area contributed by atoms with Crippen molar-refractivity contribution in [2.45, 2.75) is 13.8 Å². The Bertz CT molecular complexity index is 637. The molecule has 2 rings (SSSR count). The van der Waals surface area contributed by atoms with Crippen LogP contribution in [0.25, 0.3) is 10.9 Å². The second-order valence-corrected chi connectivity index (χ2v) is 3.58. The first-order chi connectivity index (χ1) is 8.13. The summed E-state index contributed by atoms with van der Waals surface area (Å²) >= 11 is 0. The SMILES string of the molecule is C[CH-]c1nc2ccccc2c(=O)n1NC(C)=O.[Li+]. The van der Waals surface area contributed by atoms with Gasteiger partial charge in [0, 0.05) is 6.92 Å². The van der Waals surface area contributed by atoms with E-state index in [2.05, 4.69) is 10.4 Å².